The minimum absolute atomic E-state index is 0.175. The number of nitrogens with zero attached hydrogens (tertiary/aromatic N) is 2. The summed E-state index contributed by atoms with van der Waals surface area (Å²) in [6.45, 7) is 11.2. The van der Waals surface area contributed by atoms with Crippen LogP contribution in [-0.2, 0) is 26.1 Å². The van der Waals surface area contributed by atoms with E-state index in [1.165, 1.54) is 42.4 Å². The first kappa shape index (κ1) is 30.6. The number of likely N-dealkylation sites (tertiary alicyclic amines) is 1. The van der Waals surface area contributed by atoms with E-state index < -0.39 is 0 Å². The third-order valence-corrected chi connectivity index (χ3v) is 8.07. The average molecular weight is 565 g/mol. The fourth-order valence-electron chi connectivity index (χ4n) is 5.77. The second-order valence-corrected chi connectivity index (χ2v) is 11.9. The molecule has 0 radical (unpaired) electrons. The van der Waals surface area contributed by atoms with E-state index in [0.29, 0.717) is 0 Å². The predicted molar refractivity (Wildman–Crippen MR) is 165 cm³/mol. The predicted octanol–water partition coefficient (Wildman–Crippen LogP) is 8.92. The molecule has 0 atom stereocenters. The first-order valence-corrected chi connectivity index (χ1v) is 15.6. The Bertz CT molecular complexity index is 1160. The van der Waals surface area contributed by atoms with E-state index in [0.717, 1.165) is 87.4 Å². The van der Waals surface area contributed by atoms with Gasteiger partial charge in [0.25, 0.3) is 0 Å². The van der Waals surface area contributed by atoms with Gasteiger partial charge in [-0.15, -0.1) is 0 Å². The van der Waals surface area contributed by atoms with Gasteiger partial charge in [0.1, 0.15) is 11.6 Å². The maximum Gasteiger partial charge on any atom is 0.123 e. The molecular formula is C35H46ClFN2O. The number of ether oxygens (including phenoxy) is 1. The summed E-state index contributed by atoms with van der Waals surface area (Å²) in [6.07, 6.45) is 8.37. The lowest BCUT2D eigenvalue weighted by Crippen LogP contribution is -2.33. The van der Waals surface area contributed by atoms with Gasteiger partial charge in [0.15, 0.2) is 0 Å². The molecule has 0 amide bonds. The maximum atomic E-state index is 13.3. The Balaban J connectivity index is 0.00000118. The van der Waals surface area contributed by atoms with Crippen molar-refractivity contribution in [1.29, 1.82) is 0 Å². The normalized spacial score (nSPS) is 16.5. The third-order valence-electron chi connectivity index (χ3n) is 7.84. The van der Waals surface area contributed by atoms with E-state index in [4.69, 9.17) is 16.3 Å². The SMILES string of the molecule is CCC.Fc1ccc(CN2CCCc3ccc(OCCCC4CCN(Cc5cccc(Cl)c5)CC4)cc3C2)cc1. The molecule has 1 fully saturated rings. The largest absolute Gasteiger partial charge is 0.494 e. The van der Waals surface area contributed by atoms with Crippen LogP contribution < -0.4 is 4.74 Å². The van der Waals surface area contributed by atoms with Crippen LogP contribution >= 0.6 is 11.6 Å². The van der Waals surface area contributed by atoms with Gasteiger partial charge in [-0.25, -0.2) is 4.39 Å². The van der Waals surface area contributed by atoms with Crippen molar-refractivity contribution in [3.05, 3.63) is 99.8 Å². The summed E-state index contributed by atoms with van der Waals surface area (Å²) in [5.41, 5.74) is 5.26. The van der Waals surface area contributed by atoms with Crippen LogP contribution in [0.5, 0.6) is 5.75 Å². The first-order valence-electron chi connectivity index (χ1n) is 15.2. The van der Waals surface area contributed by atoms with Crippen molar-refractivity contribution in [2.24, 2.45) is 5.92 Å². The molecule has 5 rings (SSSR count). The molecule has 2 aliphatic rings. The highest BCUT2D eigenvalue weighted by Gasteiger charge is 2.19. The number of halogens is 2. The van der Waals surface area contributed by atoms with Crippen LogP contribution in [0.4, 0.5) is 4.39 Å². The molecule has 3 aromatic rings. The number of hydrogen-bond acceptors (Lipinski definition) is 3. The van der Waals surface area contributed by atoms with E-state index in [1.54, 1.807) is 12.1 Å². The average Bonchev–Trinajstić information content (AvgIpc) is 3.15. The van der Waals surface area contributed by atoms with Gasteiger partial charge in [0, 0.05) is 24.7 Å². The zero-order chi connectivity index (χ0) is 28.2. The Kier molecular flexibility index (Phi) is 12.3. The van der Waals surface area contributed by atoms with E-state index in [9.17, 15) is 4.39 Å². The molecule has 2 aliphatic heterocycles. The number of rotatable bonds is 9. The minimum atomic E-state index is -0.175. The number of piperidine rings is 1. The van der Waals surface area contributed by atoms with Crippen molar-refractivity contribution in [2.45, 2.75) is 78.4 Å². The number of hydrogen-bond donors (Lipinski definition) is 0. The van der Waals surface area contributed by atoms with Crippen LogP contribution in [0.15, 0.2) is 66.7 Å². The van der Waals surface area contributed by atoms with Crippen molar-refractivity contribution in [3.8, 4) is 5.75 Å². The van der Waals surface area contributed by atoms with Gasteiger partial charge in [-0.1, -0.05) is 62.2 Å². The molecule has 0 aliphatic carbocycles. The Labute approximate surface area is 246 Å². The molecule has 0 N–H and O–H groups in total. The van der Waals surface area contributed by atoms with E-state index in [2.05, 4.69) is 54.0 Å². The molecule has 0 aromatic heterocycles. The number of aryl methyl sites for hydroxylation is 1. The molecule has 0 saturated carbocycles. The van der Waals surface area contributed by atoms with Gasteiger partial charge in [0.2, 0.25) is 0 Å². The van der Waals surface area contributed by atoms with Crippen molar-refractivity contribution in [3.63, 3.8) is 0 Å². The molecular weight excluding hydrogens is 519 g/mol. The van der Waals surface area contributed by atoms with E-state index in [1.807, 2.05) is 24.3 Å². The summed E-state index contributed by atoms with van der Waals surface area (Å²) in [5.74, 6) is 1.61. The van der Waals surface area contributed by atoms with Crippen LogP contribution in [0.25, 0.3) is 0 Å². The Hall–Kier alpha value is -2.40. The number of benzene rings is 3. The summed E-state index contributed by atoms with van der Waals surface area (Å²) in [6, 6.07) is 21.8. The highest BCUT2D eigenvalue weighted by Crippen LogP contribution is 2.26. The summed E-state index contributed by atoms with van der Waals surface area (Å²) >= 11 is 6.14. The molecule has 3 nitrogen and oxygen atoms in total. The molecule has 216 valence electrons. The fourth-order valence-corrected chi connectivity index (χ4v) is 5.98. The summed E-state index contributed by atoms with van der Waals surface area (Å²) in [7, 11) is 0. The van der Waals surface area contributed by atoms with E-state index in [-0.39, 0.29) is 5.82 Å². The zero-order valence-electron chi connectivity index (χ0n) is 24.4. The number of fused-ring (bicyclic) bond motifs is 1. The fraction of sp³-hybridized carbons (Fsp3) is 0.486. The monoisotopic (exact) mass is 564 g/mol. The maximum absolute atomic E-state index is 13.3. The quantitative estimate of drug-likeness (QED) is 0.241. The molecule has 0 unspecified atom stereocenters. The lowest BCUT2D eigenvalue weighted by Gasteiger charge is -2.32. The lowest BCUT2D eigenvalue weighted by molar-refractivity contribution is 0.166. The van der Waals surface area contributed by atoms with Crippen LogP contribution in [-0.4, -0.2) is 36.0 Å². The van der Waals surface area contributed by atoms with Gasteiger partial charge in [-0.3, -0.25) is 9.80 Å². The van der Waals surface area contributed by atoms with Gasteiger partial charge in [0.05, 0.1) is 6.61 Å². The van der Waals surface area contributed by atoms with Crippen LogP contribution in [0, 0.1) is 11.7 Å². The van der Waals surface area contributed by atoms with Gasteiger partial charge in [-0.05, 0) is 123 Å². The molecule has 0 bridgehead atoms. The minimum Gasteiger partial charge on any atom is -0.494 e. The van der Waals surface area contributed by atoms with Crippen LogP contribution in [0.1, 0.15) is 74.6 Å². The van der Waals surface area contributed by atoms with Crippen molar-refractivity contribution < 1.29 is 9.13 Å². The standard InChI is InChI=1S/C32H38ClFN2O.C3H8/c33-30-7-1-4-27(20-30)23-35-17-14-25(15-18-35)5-3-19-37-32-13-10-28-6-2-16-36(24-29(28)21-32)22-26-8-11-31(34)12-9-26;1-3-2/h1,4,7-13,20-21,25H,2-3,5-6,14-19,22-24H2;3H2,1-2H3. The summed E-state index contributed by atoms with van der Waals surface area (Å²) < 4.78 is 19.5. The van der Waals surface area contributed by atoms with Gasteiger partial charge >= 0.3 is 0 Å². The smallest absolute Gasteiger partial charge is 0.123 e. The highest BCUT2D eigenvalue weighted by atomic mass is 35.5. The second kappa shape index (κ2) is 16.1. The second-order valence-electron chi connectivity index (χ2n) is 11.4. The van der Waals surface area contributed by atoms with Crippen molar-refractivity contribution >= 4 is 11.6 Å². The molecule has 1 saturated heterocycles. The van der Waals surface area contributed by atoms with Crippen LogP contribution in [0.2, 0.25) is 5.02 Å². The van der Waals surface area contributed by atoms with Crippen molar-refractivity contribution in [1.82, 2.24) is 9.80 Å². The molecule has 40 heavy (non-hydrogen) atoms. The Morgan fingerprint density at radius 3 is 2.35 bits per heavy atom. The molecule has 2 heterocycles. The molecule has 5 heteroatoms. The zero-order valence-corrected chi connectivity index (χ0v) is 25.1. The Morgan fingerprint density at radius 1 is 0.850 bits per heavy atom. The van der Waals surface area contributed by atoms with Crippen molar-refractivity contribution in [2.75, 3.05) is 26.2 Å². The molecule has 0 spiro atoms. The van der Waals surface area contributed by atoms with Crippen LogP contribution in [0.3, 0.4) is 0 Å². The third kappa shape index (κ3) is 9.90. The Morgan fingerprint density at radius 2 is 1.60 bits per heavy atom. The summed E-state index contributed by atoms with van der Waals surface area (Å²) in [5, 5.41) is 0.823. The topological polar surface area (TPSA) is 15.7 Å². The lowest BCUT2D eigenvalue weighted by atomic mass is 9.92. The highest BCUT2D eigenvalue weighted by molar-refractivity contribution is 6.30. The van der Waals surface area contributed by atoms with Gasteiger partial charge in [-0.2, -0.15) is 0 Å². The molecule has 3 aromatic carbocycles. The first-order chi connectivity index (χ1) is 19.5. The summed E-state index contributed by atoms with van der Waals surface area (Å²) in [4.78, 5) is 5.01. The van der Waals surface area contributed by atoms with Gasteiger partial charge < -0.3 is 4.74 Å². The van der Waals surface area contributed by atoms with E-state index >= 15 is 0 Å².